The van der Waals surface area contributed by atoms with Gasteiger partial charge in [0.25, 0.3) is 0 Å². The fourth-order valence-corrected chi connectivity index (χ4v) is 2.31. The Bertz CT molecular complexity index is 602. The quantitative estimate of drug-likeness (QED) is 0.322. The molecule has 1 rings (SSSR count). The van der Waals surface area contributed by atoms with Gasteiger partial charge < -0.3 is 19.0 Å². The molecule has 1 aromatic carbocycles. The number of benzene rings is 1. The SMILES string of the molecule is COc1cc(C=CCCC=CC=C(C)CCC=O)cc(OC)c1OC. The van der Waals surface area contributed by atoms with Crippen molar-refractivity contribution in [2.75, 3.05) is 21.3 Å². The van der Waals surface area contributed by atoms with Crippen LogP contribution >= 0.6 is 0 Å². The van der Waals surface area contributed by atoms with Crippen LogP contribution < -0.4 is 14.2 Å². The number of aldehydes is 1. The number of hydrogen-bond acceptors (Lipinski definition) is 4. The van der Waals surface area contributed by atoms with Crippen molar-refractivity contribution in [2.24, 2.45) is 0 Å². The standard InChI is InChI=1S/C21H28O4/c1-17(12-10-14-22)11-8-6-5-7-9-13-18-15-19(23-2)21(25-4)20(16-18)24-3/h6,8-9,11,13-16H,5,7,10,12H2,1-4H3. The highest BCUT2D eigenvalue weighted by Gasteiger charge is 2.11. The summed E-state index contributed by atoms with van der Waals surface area (Å²) in [6.45, 7) is 2.04. The van der Waals surface area contributed by atoms with E-state index >= 15 is 0 Å². The summed E-state index contributed by atoms with van der Waals surface area (Å²) in [6, 6.07) is 3.85. The van der Waals surface area contributed by atoms with Crippen LogP contribution in [-0.2, 0) is 4.79 Å². The van der Waals surface area contributed by atoms with Gasteiger partial charge >= 0.3 is 0 Å². The molecule has 0 aliphatic carbocycles. The van der Waals surface area contributed by atoms with Crippen LogP contribution in [-0.4, -0.2) is 27.6 Å². The molecule has 0 aromatic heterocycles. The largest absolute Gasteiger partial charge is 0.493 e. The van der Waals surface area contributed by atoms with Crippen molar-refractivity contribution < 1.29 is 19.0 Å². The third kappa shape index (κ3) is 7.29. The van der Waals surface area contributed by atoms with Gasteiger partial charge in [0.15, 0.2) is 11.5 Å². The minimum absolute atomic E-state index is 0.591. The van der Waals surface area contributed by atoms with Gasteiger partial charge in [-0.25, -0.2) is 0 Å². The Labute approximate surface area is 150 Å². The monoisotopic (exact) mass is 344 g/mol. The maximum Gasteiger partial charge on any atom is 0.203 e. The lowest BCUT2D eigenvalue weighted by Crippen LogP contribution is -1.95. The highest BCUT2D eigenvalue weighted by molar-refractivity contribution is 5.62. The van der Waals surface area contributed by atoms with Crippen molar-refractivity contribution in [3.63, 3.8) is 0 Å². The molecule has 0 aliphatic rings. The molecule has 0 unspecified atom stereocenters. The fraction of sp³-hybridized carbons (Fsp3) is 0.381. The summed E-state index contributed by atoms with van der Waals surface area (Å²) >= 11 is 0. The molecule has 136 valence electrons. The molecule has 4 heteroatoms. The predicted molar refractivity (Wildman–Crippen MR) is 103 cm³/mol. The molecule has 1 aromatic rings. The first kappa shape index (κ1) is 20.6. The van der Waals surface area contributed by atoms with E-state index in [0.717, 1.165) is 31.1 Å². The molecule has 0 aliphatic heterocycles. The molecule has 0 saturated heterocycles. The van der Waals surface area contributed by atoms with Crippen molar-refractivity contribution in [1.29, 1.82) is 0 Å². The molecule has 0 spiro atoms. The third-order valence-electron chi connectivity index (χ3n) is 3.67. The third-order valence-corrected chi connectivity index (χ3v) is 3.67. The maximum atomic E-state index is 10.3. The van der Waals surface area contributed by atoms with E-state index in [1.54, 1.807) is 21.3 Å². The first-order valence-corrected chi connectivity index (χ1v) is 8.38. The Morgan fingerprint density at radius 1 is 0.960 bits per heavy atom. The summed E-state index contributed by atoms with van der Waals surface area (Å²) < 4.78 is 16.0. The van der Waals surface area contributed by atoms with Crippen LogP contribution in [0.25, 0.3) is 6.08 Å². The summed E-state index contributed by atoms with van der Waals surface area (Å²) in [5.74, 6) is 1.90. The number of ether oxygens (including phenoxy) is 3. The predicted octanol–water partition coefficient (Wildman–Crippen LogP) is 4.99. The Morgan fingerprint density at radius 3 is 2.16 bits per heavy atom. The summed E-state index contributed by atoms with van der Waals surface area (Å²) in [4.78, 5) is 10.3. The summed E-state index contributed by atoms with van der Waals surface area (Å²) in [6.07, 6.45) is 14.7. The second kappa shape index (κ2) is 12.0. The number of carbonyl (C=O) groups excluding carboxylic acids is 1. The zero-order valence-electron chi connectivity index (χ0n) is 15.6. The van der Waals surface area contributed by atoms with E-state index < -0.39 is 0 Å². The van der Waals surface area contributed by atoms with Crippen LogP contribution in [0.3, 0.4) is 0 Å². The van der Waals surface area contributed by atoms with E-state index in [2.05, 4.69) is 18.2 Å². The number of rotatable bonds is 11. The Morgan fingerprint density at radius 2 is 1.60 bits per heavy atom. The Kier molecular flexibility index (Phi) is 9.83. The van der Waals surface area contributed by atoms with Crippen molar-refractivity contribution in [1.82, 2.24) is 0 Å². The second-order valence-electron chi connectivity index (χ2n) is 5.58. The minimum Gasteiger partial charge on any atom is -0.493 e. The molecule has 0 atom stereocenters. The van der Waals surface area contributed by atoms with Crippen LogP contribution in [0.5, 0.6) is 17.2 Å². The van der Waals surface area contributed by atoms with E-state index in [4.69, 9.17) is 14.2 Å². The number of carbonyl (C=O) groups is 1. The number of methoxy groups -OCH3 is 3. The van der Waals surface area contributed by atoms with Gasteiger partial charge in [-0.1, -0.05) is 36.0 Å². The van der Waals surface area contributed by atoms with Gasteiger partial charge in [0.1, 0.15) is 6.29 Å². The van der Waals surface area contributed by atoms with E-state index in [1.165, 1.54) is 5.57 Å². The van der Waals surface area contributed by atoms with Crippen LogP contribution in [0.1, 0.15) is 38.2 Å². The average molecular weight is 344 g/mol. The van der Waals surface area contributed by atoms with E-state index in [9.17, 15) is 4.79 Å². The van der Waals surface area contributed by atoms with E-state index in [1.807, 2.05) is 31.2 Å². The van der Waals surface area contributed by atoms with Gasteiger partial charge in [0, 0.05) is 6.42 Å². The lowest BCUT2D eigenvalue weighted by molar-refractivity contribution is -0.107. The average Bonchev–Trinajstić information content (AvgIpc) is 2.64. The van der Waals surface area contributed by atoms with Gasteiger partial charge in [0.2, 0.25) is 5.75 Å². The van der Waals surface area contributed by atoms with Crippen LogP contribution in [0.4, 0.5) is 0 Å². The van der Waals surface area contributed by atoms with Crippen molar-refractivity contribution in [3.8, 4) is 17.2 Å². The molecule has 25 heavy (non-hydrogen) atoms. The number of allylic oxidation sites excluding steroid dienone is 5. The van der Waals surface area contributed by atoms with Crippen LogP contribution in [0, 0.1) is 0 Å². The molecule has 0 saturated carbocycles. The zero-order valence-corrected chi connectivity index (χ0v) is 15.6. The molecule has 4 nitrogen and oxygen atoms in total. The van der Waals surface area contributed by atoms with Crippen LogP contribution in [0.2, 0.25) is 0 Å². The smallest absolute Gasteiger partial charge is 0.203 e. The van der Waals surface area contributed by atoms with Gasteiger partial charge in [-0.3, -0.25) is 0 Å². The molecule has 0 amide bonds. The first-order chi connectivity index (χ1) is 12.2. The normalized spacial score (nSPS) is 11.9. The van der Waals surface area contributed by atoms with Gasteiger partial charge in [-0.2, -0.15) is 0 Å². The highest BCUT2D eigenvalue weighted by Crippen LogP contribution is 2.38. The molecule has 0 heterocycles. The topological polar surface area (TPSA) is 44.8 Å². The zero-order chi connectivity index (χ0) is 18.5. The van der Waals surface area contributed by atoms with Crippen molar-refractivity contribution >= 4 is 12.4 Å². The van der Waals surface area contributed by atoms with Gasteiger partial charge in [-0.15, -0.1) is 0 Å². The number of unbranched alkanes of at least 4 members (excludes halogenated alkanes) is 1. The first-order valence-electron chi connectivity index (χ1n) is 8.38. The summed E-state index contributed by atoms with van der Waals surface area (Å²) in [5.41, 5.74) is 2.22. The second-order valence-corrected chi connectivity index (χ2v) is 5.58. The molecule has 0 bridgehead atoms. The fourth-order valence-electron chi connectivity index (χ4n) is 2.31. The van der Waals surface area contributed by atoms with Gasteiger partial charge in [0.05, 0.1) is 21.3 Å². The highest BCUT2D eigenvalue weighted by atomic mass is 16.5. The molecule has 0 radical (unpaired) electrons. The molecule has 0 N–H and O–H groups in total. The van der Waals surface area contributed by atoms with E-state index in [0.29, 0.717) is 23.7 Å². The summed E-state index contributed by atoms with van der Waals surface area (Å²) in [5, 5.41) is 0. The van der Waals surface area contributed by atoms with Gasteiger partial charge in [-0.05, 0) is 43.9 Å². The van der Waals surface area contributed by atoms with E-state index in [-0.39, 0.29) is 0 Å². The van der Waals surface area contributed by atoms with Crippen LogP contribution in [0.15, 0.2) is 42.0 Å². The maximum absolute atomic E-state index is 10.3. The lowest BCUT2D eigenvalue weighted by atomic mass is 10.1. The Balaban J connectivity index is 2.58. The lowest BCUT2D eigenvalue weighted by Gasteiger charge is -2.12. The molecular weight excluding hydrogens is 316 g/mol. The molecule has 0 fully saturated rings. The van der Waals surface area contributed by atoms with Crippen molar-refractivity contribution in [3.05, 3.63) is 47.6 Å². The summed E-state index contributed by atoms with van der Waals surface area (Å²) in [7, 11) is 4.82. The molecular formula is C21H28O4. The minimum atomic E-state index is 0.591. The number of hydrogen-bond donors (Lipinski definition) is 0. The van der Waals surface area contributed by atoms with Crippen molar-refractivity contribution in [2.45, 2.75) is 32.6 Å². The Hall–Kier alpha value is -2.49.